The molecule has 3 fully saturated rings. The van der Waals surface area contributed by atoms with Crippen LogP contribution in [0.25, 0.3) is 0 Å². The summed E-state index contributed by atoms with van der Waals surface area (Å²) in [5.74, 6) is 1.76. The SMILES string of the molecule is CNC(C1CCC(C)CC1)C1CN2CCCC2CO1. The second-order valence-electron chi connectivity index (χ2n) is 7.00. The van der Waals surface area contributed by atoms with Crippen LogP contribution in [0, 0.1) is 11.8 Å². The van der Waals surface area contributed by atoms with E-state index in [0.717, 1.165) is 31.0 Å². The molecule has 0 radical (unpaired) electrons. The smallest absolute Gasteiger partial charge is 0.0858 e. The summed E-state index contributed by atoms with van der Waals surface area (Å²) in [7, 11) is 2.13. The molecule has 1 aliphatic carbocycles. The minimum Gasteiger partial charge on any atom is -0.374 e. The summed E-state index contributed by atoms with van der Waals surface area (Å²) >= 11 is 0. The lowest BCUT2D eigenvalue weighted by atomic mass is 9.77. The van der Waals surface area contributed by atoms with E-state index in [1.165, 1.54) is 45.1 Å². The van der Waals surface area contributed by atoms with Crippen molar-refractivity contribution < 1.29 is 4.74 Å². The number of fused-ring (bicyclic) bond motifs is 1. The van der Waals surface area contributed by atoms with E-state index in [0.29, 0.717) is 12.1 Å². The molecule has 0 aromatic heterocycles. The van der Waals surface area contributed by atoms with Crippen LogP contribution in [0.15, 0.2) is 0 Å². The van der Waals surface area contributed by atoms with Crippen molar-refractivity contribution in [3.05, 3.63) is 0 Å². The summed E-state index contributed by atoms with van der Waals surface area (Å²) in [4.78, 5) is 2.67. The van der Waals surface area contributed by atoms with E-state index in [1.807, 2.05) is 0 Å². The van der Waals surface area contributed by atoms with E-state index in [9.17, 15) is 0 Å². The molecule has 3 aliphatic rings. The average Bonchev–Trinajstić information content (AvgIpc) is 2.89. The van der Waals surface area contributed by atoms with Crippen molar-refractivity contribution in [1.82, 2.24) is 10.2 Å². The Balaban J connectivity index is 1.59. The molecule has 19 heavy (non-hydrogen) atoms. The Morgan fingerprint density at radius 2 is 1.95 bits per heavy atom. The van der Waals surface area contributed by atoms with Gasteiger partial charge in [-0.15, -0.1) is 0 Å². The highest BCUT2D eigenvalue weighted by Gasteiger charge is 2.38. The fourth-order valence-corrected chi connectivity index (χ4v) is 4.43. The molecule has 3 unspecified atom stereocenters. The van der Waals surface area contributed by atoms with Crippen LogP contribution in [-0.2, 0) is 4.74 Å². The van der Waals surface area contributed by atoms with Gasteiger partial charge in [-0.3, -0.25) is 4.90 Å². The predicted molar refractivity (Wildman–Crippen MR) is 78.3 cm³/mol. The van der Waals surface area contributed by atoms with Gasteiger partial charge in [0.15, 0.2) is 0 Å². The quantitative estimate of drug-likeness (QED) is 0.848. The Hall–Kier alpha value is -0.120. The summed E-state index contributed by atoms with van der Waals surface area (Å²) < 4.78 is 6.22. The molecule has 3 heteroatoms. The van der Waals surface area contributed by atoms with Crippen molar-refractivity contribution >= 4 is 0 Å². The molecule has 1 saturated carbocycles. The van der Waals surface area contributed by atoms with Crippen LogP contribution >= 0.6 is 0 Å². The third kappa shape index (κ3) is 2.98. The Bertz CT molecular complexity index is 288. The van der Waals surface area contributed by atoms with Gasteiger partial charge in [-0.25, -0.2) is 0 Å². The number of rotatable bonds is 3. The average molecular weight is 266 g/mol. The number of likely N-dealkylation sites (N-methyl/N-ethyl adjacent to an activating group) is 1. The van der Waals surface area contributed by atoms with Gasteiger partial charge in [0.25, 0.3) is 0 Å². The molecule has 3 rings (SSSR count). The van der Waals surface area contributed by atoms with E-state index >= 15 is 0 Å². The third-order valence-corrected chi connectivity index (χ3v) is 5.72. The van der Waals surface area contributed by atoms with E-state index < -0.39 is 0 Å². The van der Waals surface area contributed by atoms with E-state index in [2.05, 4.69) is 24.2 Å². The molecule has 0 aromatic carbocycles. The molecule has 2 heterocycles. The van der Waals surface area contributed by atoms with E-state index in [4.69, 9.17) is 4.74 Å². The number of hydrogen-bond donors (Lipinski definition) is 1. The predicted octanol–water partition coefficient (Wildman–Crippen LogP) is 2.26. The largest absolute Gasteiger partial charge is 0.374 e. The fraction of sp³-hybridized carbons (Fsp3) is 1.00. The zero-order valence-corrected chi connectivity index (χ0v) is 12.6. The lowest BCUT2D eigenvalue weighted by Crippen LogP contribution is -2.56. The van der Waals surface area contributed by atoms with Crippen molar-refractivity contribution in [2.75, 3.05) is 26.7 Å². The number of nitrogens with one attached hydrogen (secondary N) is 1. The highest BCUT2D eigenvalue weighted by Crippen LogP contribution is 2.33. The summed E-state index contributed by atoms with van der Waals surface area (Å²) in [6, 6.07) is 1.29. The van der Waals surface area contributed by atoms with Gasteiger partial charge < -0.3 is 10.1 Å². The molecule has 110 valence electrons. The Kier molecular flexibility index (Phi) is 4.45. The molecular weight excluding hydrogens is 236 g/mol. The monoisotopic (exact) mass is 266 g/mol. The zero-order chi connectivity index (χ0) is 13.2. The first-order valence-electron chi connectivity index (χ1n) is 8.31. The standard InChI is InChI=1S/C16H30N2O/c1-12-5-7-13(8-6-12)16(17-2)15-10-18-9-3-4-14(18)11-19-15/h12-17H,3-11H2,1-2H3. The first-order valence-corrected chi connectivity index (χ1v) is 8.31. The van der Waals surface area contributed by atoms with E-state index in [1.54, 1.807) is 0 Å². The molecule has 3 nitrogen and oxygen atoms in total. The lowest BCUT2D eigenvalue weighted by Gasteiger charge is -2.42. The highest BCUT2D eigenvalue weighted by atomic mass is 16.5. The third-order valence-electron chi connectivity index (χ3n) is 5.72. The van der Waals surface area contributed by atoms with Crippen molar-refractivity contribution in [3.8, 4) is 0 Å². The lowest BCUT2D eigenvalue weighted by molar-refractivity contribution is -0.0753. The number of nitrogens with zero attached hydrogens (tertiary/aromatic N) is 1. The van der Waals surface area contributed by atoms with Gasteiger partial charge in [0.05, 0.1) is 12.7 Å². The summed E-state index contributed by atoms with van der Waals surface area (Å²) in [5, 5.41) is 3.58. The van der Waals surface area contributed by atoms with Gasteiger partial charge in [0.2, 0.25) is 0 Å². The Morgan fingerprint density at radius 3 is 2.68 bits per heavy atom. The van der Waals surface area contributed by atoms with Crippen LogP contribution < -0.4 is 5.32 Å². The van der Waals surface area contributed by atoms with Crippen LogP contribution in [0.1, 0.15) is 45.4 Å². The topological polar surface area (TPSA) is 24.5 Å². The number of ether oxygens (including phenoxy) is 1. The normalized spacial score (nSPS) is 42.0. The van der Waals surface area contributed by atoms with Gasteiger partial charge in [-0.2, -0.15) is 0 Å². The molecule has 0 aromatic rings. The molecule has 0 amide bonds. The number of hydrogen-bond acceptors (Lipinski definition) is 3. The minimum absolute atomic E-state index is 0.415. The first kappa shape index (κ1) is 13.8. The summed E-state index contributed by atoms with van der Waals surface area (Å²) in [5.41, 5.74) is 0. The van der Waals surface area contributed by atoms with Crippen LogP contribution in [-0.4, -0.2) is 49.8 Å². The highest BCUT2D eigenvalue weighted by molar-refractivity contribution is 4.93. The van der Waals surface area contributed by atoms with Gasteiger partial charge in [-0.1, -0.05) is 19.8 Å². The van der Waals surface area contributed by atoms with Crippen molar-refractivity contribution in [3.63, 3.8) is 0 Å². The Labute approximate surface area is 118 Å². The summed E-state index contributed by atoms with van der Waals surface area (Å²) in [6.07, 6.45) is 8.71. The van der Waals surface area contributed by atoms with Crippen LogP contribution in [0.2, 0.25) is 0 Å². The molecule has 0 spiro atoms. The second-order valence-corrected chi connectivity index (χ2v) is 7.00. The van der Waals surface area contributed by atoms with Crippen molar-refractivity contribution in [1.29, 1.82) is 0 Å². The molecule has 1 N–H and O–H groups in total. The van der Waals surface area contributed by atoms with Gasteiger partial charge >= 0.3 is 0 Å². The minimum atomic E-state index is 0.415. The van der Waals surface area contributed by atoms with Crippen LogP contribution in [0.5, 0.6) is 0 Å². The second kappa shape index (κ2) is 6.11. The fourth-order valence-electron chi connectivity index (χ4n) is 4.43. The number of morpholine rings is 1. The van der Waals surface area contributed by atoms with Crippen molar-refractivity contribution in [2.45, 2.75) is 63.6 Å². The van der Waals surface area contributed by atoms with Crippen molar-refractivity contribution in [2.24, 2.45) is 11.8 Å². The van der Waals surface area contributed by atoms with Gasteiger partial charge in [0, 0.05) is 18.6 Å². The van der Waals surface area contributed by atoms with Gasteiger partial charge in [-0.05, 0) is 51.1 Å². The van der Waals surface area contributed by atoms with Crippen LogP contribution in [0.4, 0.5) is 0 Å². The summed E-state index contributed by atoms with van der Waals surface area (Å²) in [6.45, 7) is 5.81. The molecule has 3 atom stereocenters. The van der Waals surface area contributed by atoms with Crippen LogP contribution in [0.3, 0.4) is 0 Å². The zero-order valence-electron chi connectivity index (χ0n) is 12.6. The molecule has 2 saturated heterocycles. The maximum atomic E-state index is 6.22. The molecule has 0 bridgehead atoms. The van der Waals surface area contributed by atoms with E-state index in [-0.39, 0.29) is 0 Å². The maximum absolute atomic E-state index is 6.22. The molecule has 2 aliphatic heterocycles. The first-order chi connectivity index (χ1) is 9.28. The Morgan fingerprint density at radius 1 is 1.16 bits per heavy atom. The van der Waals surface area contributed by atoms with Gasteiger partial charge in [0.1, 0.15) is 0 Å². The maximum Gasteiger partial charge on any atom is 0.0858 e. The molecular formula is C16H30N2O.